The molecule has 1 N–H and O–H groups in total. The molecule has 1 saturated heterocycles. The van der Waals surface area contributed by atoms with Gasteiger partial charge in [0.15, 0.2) is 10.6 Å². The van der Waals surface area contributed by atoms with E-state index in [1.165, 1.54) is 0 Å². The molecule has 1 aromatic carbocycles. The zero-order chi connectivity index (χ0) is 21.1. The summed E-state index contributed by atoms with van der Waals surface area (Å²) < 4.78 is 4.39. The van der Waals surface area contributed by atoms with E-state index >= 15 is 0 Å². The minimum atomic E-state index is 0.0860. The molecule has 1 aliphatic heterocycles. The predicted octanol–water partition coefficient (Wildman–Crippen LogP) is 4.10. The van der Waals surface area contributed by atoms with Crippen molar-refractivity contribution in [3.63, 3.8) is 0 Å². The number of nitrogens with one attached hydrogen (secondary N) is 1. The fourth-order valence-electron chi connectivity index (χ4n) is 3.49. The fraction of sp³-hybridized carbons (Fsp3) is 0.571. The molecule has 1 aliphatic rings. The number of rotatable bonds is 6. The molecule has 2 aromatic rings. The molecule has 29 heavy (non-hydrogen) atoms. The van der Waals surface area contributed by atoms with Gasteiger partial charge in [-0.25, -0.2) is 4.68 Å². The van der Waals surface area contributed by atoms with E-state index in [-0.39, 0.29) is 17.9 Å². The van der Waals surface area contributed by atoms with Crippen molar-refractivity contribution in [3.8, 4) is 11.4 Å². The predicted molar refractivity (Wildman–Crippen MR) is 119 cm³/mol. The van der Waals surface area contributed by atoms with Gasteiger partial charge in [-0.3, -0.25) is 9.69 Å². The van der Waals surface area contributed by atoms with Crippen LogP contribution in [0.2, 0.25) is 5.02 Å². The van der Waals surface area contributed by atoms with Crippen LogP contribution in [-0.4, -0.2) is 44.3 Å². The van der Waals surface area contributed by atoms with Crippen molar-refractivity contribution in [1.29, 1.82) is 0 Å². The van der Waals surface area contributed by atoms with E-state index in [0.717, 1.165) is 37.3 Å². The summed E-state index contributed by atoms with van der Waals surface area (Å²) in [6, 6.07) is 7.86. The third-order valence-corrected chi connectivity index (χ3v) is 6.63. The van der Waals surface area contributed by atoms with E-state index in [0.29, 0.717) is 22.4 Å². The standard InChI is InChI=1S/C21H30ClN5OS/c1-14(2)15(3)23-20(28)16-9-11-26(12-10-16)13-27-21(29)25(4)19(24-27)17-7-5-6-8-18(17)22/h5-8,14-16H,9-13H2,1-4H3,(H,23,28). The summed E-state index contributed by atoms with van der Waals surface area (Å²) in [7, 11) is 1.91. The second kappa shape index (κ2) is 9.41. The molecule has 158 valence electrons. The number of halogens is 1. The van der Waals surface area contributed by atoms with Crippen LogP contribution in [0.25, 0.3) is 11.4 Å². The minimum Gasteiger partial charge on any atom is -0.353 e. The summed E-state index contributed by atoms with van der Waals surface area (Å²) in [5, 5.41) is 8.52. The molecule has 1 unspecified atom stereocenters. The number of amides is 1. The van der Waals surface area contributed by atoms with Crippen molar-refractivity contribution >= 4 is 29.7 Å². The number of benzene rings is 1. The van der Waals surface area contributed by atoms with Crippen molar-refractivity contribution in [2.75, 3.05) is 13.1 Å². The van der Waals surface area contributed by atoms with Crippen molar-refractivity contribution in [1.82, 2.24) is 24.6 Å². The Morgan fingerprint density at radius 1 is 1.28 bits per heavy atom. The Morgan fingerprint density at radius 3 is 2.55 bits per heavy atom. The fourth-order valence-corrected chi connectivity index (χ4v) is 3.90. The second-order valence-corrected chi connectivity index (χ2v) is 8.99. The van der Waals surface area contributed by atoms with Gasteiger partial charge in [0, 0.05) is 37.7 Å². The molecule has 0 saturated carbocycles. The SMILES string of the molecule is CC(C)C(C)NC(=O)C1CCN(Cn2nc(-c3ccccc3Cl)n(C)c2=S)CC1. The lowest BCUT2D eigenvalue weighted by Crippen LogP contribution is -2.44. The van der Waals surface area contributed by atoms with Crippen molar-refractivity contribution < 1.29 is 4.79 Å². The van der Waals surface area contributed by atoms with Gasteiger partial charge in [-0.2, -0.15) is 5.10 Å². The van der Waals surface area contributed by atoms with E-state index in [4.69, 9.17) is 28.9 Å². The molecule has 1 aromatic heterocycles. The maximum Gasteiger partial charge on any atom is 0.223 e. The Hall–Kier alpha value is -1.70. The number of piperidine rings is 1. The molecule has 0 aliphatic carbocycles. The van der Waals surface area contributed by atoms with Gasteiger partial charge in [0.1, 0.15) is 0 Å². The Labute approximate surface area is 182 Å². The first-order valence-corrected chi connectivity index (χ1v) is 11.0. The number of carbonyl (C=O) groups is 1. The van der Waals surface area contributed by atoms with Crippen LogP contribution < -0.4 is 5.32 Å². The molecule has 6 nitrogen and oxygen atoms in total. The molecule has 0 radical (unpaired) electrons. The van der Waals surface area contributed by atoms with Gasteiger partial charge in [0.2, 0.25) is 5.91 Å². The maximum atomic E-state index is 12.5. The topological polar surface area (TPSA) is 55.1 Å². The average molecular weight is 436 g/mol. The van der Waals surface area contributed by atoms with Gasteiger partial charge in [0.25, 0.3) is 0 Å². The summed E-state index contributed by atoms with van der Waals surface area (Å²) in [6.45, 7) is 8.65. The van der Waals surface area contributed by atoms with E-state index in [1.807, 2.05) is 40.6 Å². The molecular formula is C21H30ClN5OS. The molecule has 1 amide bonds. The van der Waals surface area contributed by atoms with Crippen LogP contribution in [0, 0.1) is 16.6 Å². The van der Waals surface area contributed by atoms with Crippen LogP contribution >= 0.6 is 23.8 Å². The third-order valence-electron chi connectivity index (χ3n) is 5.82. The zero-order valence-corrected chi connectivity index (χ0v) is 19.1. The van der Waals surface area contributed by atoms with Crippen LogP contribution in [-0.2, 0) is 18.5 Å². The van der Waals surface area contributed by atoms with Gasteiger partial charge in [-0.05, 0) is 50.0 Å². The Kier molecular flexibility index (Phi) is 7.14. The second-order valence-electron chi connectivity index (χ2n) is 8.22. The van der Waals surface area contributed by atoms with Crippen LogP contribution in [0.4, 0.5) is 0 Å². The van der Waals surface area contributed by atoms with Gasteiger partial charge in [-0.1, -0.05) is 37.6 Å². The van der Waals surface area contributed by atoms with E-state index in [2.05, 4.69) is 31.0 Å². The summed E-state index contributed by atoms with van der Waals surface area (Å²) in [4.78, 5) is 14.8. The smallest absolute Gasteiger partial charge is 0.223 e. The molecule has 1 fully saturated rings. The van der Waals surface area contributed by atoms with Gasteiger partial charge in [-0.15, -0.1) is 0 Å². The summed E-state index contributed by atoms with van der Waals surface area (Å²) in [6.07, 6.45) is 1.71. The maximum absolute atomic E-state index is 12.5. The molecule has 0 bridgehead atoms. The first-order valence-electron chi connectivity index (χ1n) is 10.2. The Morgan fingerprint density at radius 2 is 1.93 bits per heavy atom. The average Bonchev–Trinajstić information content (AvgIpc) is 2.97. The number of aromatic nitrogens is 3. The highest BCUT2D eigenvalue weighted by atomic mass is 35.5. The minimum absolute atomic E-state index is 0.0860. The molecule has 8 heteroatoms. The molecule has 1 atom stereocenters. The highest BCUT2D eigenvalue weighted by Crippen LogP contribution is 2.26. The van der Waals surface area contributed by atoms with Crippen molar-refractivity contribution in [3.05, 3.63) is 34.1 Å². The quantitative estimate of drug-likeness (QED) is 0.694. The first-order chi connectivity index (χ1) is 13.8. The number of nitrogens with zero attached hydrogens (tertiary/aromatic N) is 4. The lowest BCUT2D eigenvalue weighted by molar-refractivity contribution is -0.127. The van der Waals surface area contributed by atoms with E-state index in [1.54, 1.807) is 0 Å². The monoisotopic (exact) mass is 435 g/mol. The number of carbonyl (C=O) groups excluding carboxylic acids is 1. The van der Waals surface area contributed by atoms with Gasteiger partial charge in [0.05, 0.1) is 11.7 Å². The van der Waals surface area contributed by atoms with Crippen molar-refractivity contribution in [2.45, 2.75) is 46.3 Å². The highest BCUT2D eigenvalue weighted by molar-refractivity contribution is 7.71. The number of hydrogen-bond donors (Lipinski definition) is 1. The normalized spacial score (nSPS) is 16.9. The highest BCUT2D eigenvalue weighted by Gasteiger charge is 2.27. The third kappa shape index (κ3) is 5.08. The van der Waals surface area contributed by atoms with Gasteiger partial charge < -0.3 is 9.88 Å². The van der Waals surface area contributed by atoms with Crippen LogP contribution in [0.1, 0.15) is 33.6 Å². The zero-order valence-electron chi connectivity index (χ0n) is 17.6. The Bertz CT molecular complexity index is 914. The largest absolute Gasteiger partial charge is 0.353 e. The summed E-state index contributed by atoms with van der Waals surface area (Å²) in [5.74, 6) is 1.47. The lowest BCUT2D eigenvalue weighted by atomic mass is 9.95. The van der Waals surface area contributed by atoms with Gasteiger partial charge >= 0.3 is 0 Å². The summed E-state index contributed by atoms with van der Waals surface area (Å²) in [5.41, 5.74) is 0.871. The van der Waals surface area contributed by atoms with E-state index < -0.39 is 0 Å². The number of hydrogen-bond acceptors (Lipinski definition) is 4. The van der Waals surface area contributed by atoms with E-state index in [9.17, 15) is 4.79 Å². The summed E-state index contributed by atoms with van der Waals surface area (Å²) >= 11 is 11.9. The molecular weight excluding hydrogens is 406 g/mol. The Balaban J connectivity index is 1.63. The van der Waals surface area contributed by atoms with Crippen molar-refractivity contribution in [2.24, 2.45) is 18.9 Å². The molecule has 0 spiro atoms. The van der Waals surface area contributed by atoms with Crippen LogP contribution in [0.15, 0.2) is 24.3 Å². The van der Waals surface area contributed by atoms with Crippen LogP contribution in [0.5, 0.6) is 0 Å². The molecule has 3 rings (SSSR count). The molecule has 2 heterocycles. The first kappa shape index (κ1) is 22.0. The van der Waals surface area contributed by atoms with Crippen LogP contribution in [0.3, 0.4) is 0 Å². The number of likely N-dealkylation sites (tertiary alicyclic amines) is 1. The lowest BCUT2D eigenvalue weighted by Gasteiger charge is -2.31.